The van der Waals surface area contributed by atoms with Crippen LogP contribution in [0.2, 0.25) is 0 Å². The molecule has 1 aliphatic rings. The summed E-state index contributed by atoms with van der Waals surface area (Å²) in [4.78, 5) is 30.3. The van der Waals surface area contributed by atoms with Crippen molar-refractivity contribution in [1.82, 2.24) is 4.90 Å². The van der Waals surface area contributed by atoms with E-state index in [4.69, 9.17) is 9.15 Å². The molecule has 0 radical (unpaired) electrons. The Kier molecular flexibility index (Phi) is 6.63. The van der Waals surface area contributed by atoms with Gasteiger partial charge in [0, 0.05) is 12.2 Å². The first-order valence-corrected chi connectivity index (χ1v) is 11.2. The lowest BCUT2D eigenvalue weighted by molar-refractivity contribution is -0.137. The Balaban J connectivity index is 1.75. The van der Waals surface area contributed by atoms with Crippen molar-refractivity contribution in [3.63, 3.8) is 0 Å². The largest absolute Gasteiger partial charge is 0.493 e. The smallest absolute Gasteiger partial charge is 0.278 e. The number of para-hydroxylation sites is 1. The van der Waals surface area contributed by atoms with E-state index < -0.39 is 0 Å². The van der Waals surface area contributed by atoms with Gasteiger partial charge < -0.3 is 14.1 Å². The predicted octanol–water partition coefficient (Wildman–Crippen LogP) is 5.12. The van der Waals surface area contributed by atoms with E-state index in [1.807, 2.05) is 66.4 Å². The molecule has 4 rings (SSSR count). The van der Waals surface area contributed by atoms with Gasteiger partial charge in [-0.1, -0.05) is 44.2 Å². The summed E-state index contributed by atoms with van der Waals surface area (Å²) in [7, 11) is 0. The van der Waals surface area contributed by atoms with Gasteiger partial charge >= 0.3 is 0 Å². The summed E-state index contributed by atoms with van der Waals surface area (Å²) in [5.74, 6) is 1.02. The van der Waals surface area contributed by atoms with Crippen LogP contribution >= 0.6 is 0 Å². The predicted molar refractivity (Wildman–Crippen MR) is 127 cm³/mol. The standard InChI is InChI=1S/C27H28N2O4/c1-4-28(21-9-6-5-7-10-21)25-24(20-12-14-22(15-13-20)33-18-19(2)3)26(30)29(27(25)31)17-23-11-8-16-32-23/h5-16,19H,4,17-18H2,1-3H3. The molecule has 0 atom stereocenters. The summed E-state index contributed by atoms with van der Waals surface area (Å²) in [6.45, 7) is 7.37. The van der Waals surface area contributed by atoms with Crippen molar-refractivity contribution in [2.24, 2.45) is 5.92 Å². The number of likely N-dealkylation sites (N-methyl/N-ethyl adjacent to an activating group) is 1. The SMILES string of the molecule is CCN(C1=C(c2ccc(OCC(C)C)cc2)C(=O)N(Cc2ccco2)C1=O)c1ccccc1. The lowest BCUT2D eigenvalue weighted by Gasteiger charge is -2.24. The van der Waals surface area contributed by atoms with Gasteiger partial charge in [-0.05, 0) is 54.8 Å². The Morgan fingerprint density at radius 3 is 2.27 bits per heavy atom. The van der Waals surface area contributed by atoms with Gasteiger partial charge in [0.25, 0.3) is 11.8 Å². The fourth-order valence-corrected chi connectivity index (χ4v) is 3.83. The summed E-state index contributed by atoms with van der Waals surface area (Å²) < 4.78 is 11.2. The van der Waals surface area contributed by atoms with Crippen LogP contribution < -0.4 is 9.64 Å². The maximum Gasteiger partial charge on any atom is 0.278 e. The molecule has 0 spiro atoms. The van der Waals surface area contributed by atoms with Crippen LogP contribution in [-0.2, 0) is 16.1 Å². The number of hydrogen-bond acceptors (Lipinski definition) is 5. The molecule has 170 valence electrons. The van der Waals surface area contributed by atoms with Crippen molar-refractivity contribution in [3.8, 4) is 5.75 Å². The van der Waals surface area contributed by atoms with Gasteiger partial charge in [-0.15, -0.1) is 0 Å². The molecule has 1 aromatic heterocycles. The molecule has 33 heavy (non-hydrogen) atoms. The number of imide groups is 1. The maximum absolute atomic E-state index is 13.6. The highest BCUT2D eigenvalue weighted by Gasteiger charge is 2.42. The molecule has 2 heterocycles. The average Bonchev–Trinajstić information content (AvgIpc) is 3.42. The number of amides is 2. The Morgan fingerprint density at radius 1 is 0.939 bits per heavy atom. The molecule has 0 unspecified atom stereocenters. The molecule has 3 aromatic rings. The number of anilines is 1. The minimum Gasteiger partial charge on any atom is -0.493 e. The third kappa shape index (κ3) is 4.70. The quantitative estimate of drug-likeness (QED) is 0.429. The molecule has 2 aromatic carbocycles. The van der Waals surface area contributed by atoms with Crippen LogP contribution in [0.25, 0.3) is 5.57 Å². The van der Waals surface area contributed by atoms with Crippen LogP contribution in [0.5, 0.6) is 5.75 Å². The first kappa shape index (κ1) is 22.4. The molecule has 6 nitrogen and oxygen atoms in total. The summed E-state index contributed by atoms with van der Waals surface area (Å²) in [6, 6.07) is 20.5. The monoisotopic (exact) mass is 444 g/mol. The van der Waals surface area contributed by atoms with Crippen LogP contribution in [0.4, 0.5) is 5.69 Å². The lowest BCUT2D eigenvalue weighted by atomic mass is 10.0. The third-order valence-corrected chi connectivity index (χ3v) is 5.42. The average molecular weight is 445 g/mol. The van der Waals surface area contributed by atoms with Crippen LogP contribution in [0, 0.1) is 5.92 Å². The second kappa shape index (κ2) is 9.77. The van der Waals surface area contributed by atoms with Gasteiger partial charge in [-0.2, -0.15) is 0 Å². The molecule has 0 N–H and O–H groups in total. The van der Waals surface area contributed by atoms with Crippen molar-refractivity contribution in [1.29, 1.82) is 0 Å². The minimum absolute atomic E-state index is 0.0829. The van der Waals surface area contributed by atoms with Gasteiger partial charge in [0.2, 0.25) is 0 Å². The highest BCUT2D eigenvalue weighted by molar-refractivity contribution is 6.36. The van der Waals surface area contributed by atoms with Crippen molar-refractivity contribution in [2.45, 2.75) is 27.3 Å². The molecule has 1 aliphatic heterocycles. The molecule has 0 aliphatic carbocycles. The highest BCUT2D eigenvalue weighted by Crippen LogP contribution is 2.35. The summed E-state index contributed by atoms with van der Waals surface area (Å²) in [5.41, 5.74) is 2.28. The second-order valence-corrected chi connectivity index (χ2v) is 8.31. The number of hydrogen-bond donors (Lipinski definition) is 0. The third-order valence-electron chi connectivity index (χ3n) is 5.42. The molecular weight excluding hydrogens is 416 g/mol. The van der Waals surface area contributed by atoms with Gasteiger partial charge in [0.1, 0.15) is 17.2 Å². The second-order valence-electron chi connectivity index (χ2n) is 8.31. The van der Waals surface area contributed by atoms with Crippen LogP contribution in [-0.4, -0.2) is 29.9 Å². The van der Waals surface area contributed by atoms with Crippen molar-refractivity contribution in [3.05, 3.63) is 90.0 Å². The van der Waals surface area contributed by atoms with Gasteiger partial charge in [0.05, 0.1) is 25.0 Å². The van der Waals surface area contributed by atoms with E-state index >= 15 is 0 Å². The molecule has 0 saturated carbocycles. The van der Waals surface area contributed by atoms with Gasteiger partial charge in [-0.25, -0.2) is 0 Å². The number of nitrogens with zero attached hydrogens (tertiary/aromatic N) is 2. The number of furan rings is 1. The molecule has 2 amide bonds. The molecule has 0 bridgehead atoms. The van der Waals surface area contributed by atoms with E-state index in [1.165, 1.54) is 11.2 Å². The van der Waals surface area contributed by atoms with Gasteiger partial charge in [0.15, 0.2) is 0 Å². The number of benzene rings is 2. The number of rotatable bonds is 9. The number of carbonyl (C=O) groups is 2. The van der Waals surface area contributed by atoms with E-state index in [0.717, 1.165) is 11.4 Å². The first-order valence-electron chi connectivity index (χ1n) is 11.2. The number of carbonyl (C=O) groups excluding carboxylic acids is 2. The van der Waals surface area contributed by atoms with E-state index in [9.17, 15) is 9.59 Å². The lowest BCUT2D eigenvalue weighted by Crippen LogP contribution is -2.34. The number of ether oxygens (including phenoxy) is 1. The fourth-order valence-electron chi connectivity index (χ4n) is 3.83. The normalized spacial score (nSPS) is 13.9. The Morgan fingerprint density at radius 2 is 1.67 bits per heavy atom. The topological polar surface area (TPSA) is 63.0 Å². The van der Waals surface area contributed by atoms with E-state index in [1.54, 1.807) is 12.1 Å². The molecule has 0 saturated heterocycles. The van der Waals surface area contributed by atoms with Crippen molar-refractivity contribution >= 4 is 23.1 Å². The van der Waals surface area contributed by atoms with Crippen molar-refractivity contribution < 1.29 is 18.7 Å². The Bertz CT molecular complexity index is 1130. The highest BCUT2D eigenvalue weighted by atomic mass is 16.5. The zero-order chi connectivity index (χ0) is 23.4. The molecular formula is C27H28N2O4. The summed E-state index contributed by atoms with van der Waals surface area (Å²) in [5, 5.41) is 0. The van der Waals surface area contributed by atoms with Crippen LogP contribution in [0.1, 0.15) is 32.1 Å². The van der Waals surface area contributed by atoms with Crippen LogP contribution in [0.3, 0.4) is 0 Å². The molecule has 6 heteroatoms. The van der Waals surface area contributed by atoms with Crippen LogP contribution in [0.15, 0.2) is 83.1 Å². The minimum atomic E-state index is -0.336. The summed E-state index contributed by atoms with van der Waals surface area (Å²) >= 11 is 0. The van der Waals surface area contributed by atoms with E-state index in [-0.39, 0.29) is 18.4 Å². The van der Waals surface area contributed by atoms with Crippen molar-refractivity contribution in [2.75, 3.05) is 18.1 Å². The Hall–Kier alpha value is -3.80. The Labute approximate surface area is 194 Å². The van der Waals surface area contributed by atoms with Gasteiger partial charge in [-0.3, -0.25) is 14.5 Å². The van der Waals surface area contributed by atoms with E-state index in [0.29, 0.717) is 41.7 Å². The van der Waals surface area contributed by atoms with E-state index in [2.05, 4.69) is 13.8 Å². The zero-order valence-electron chi connectivity index (χ0n) is 19.2. The first-order chi connectivity index (χ1) is 16.0. The zero-order valence-corrected chi connectivity index (χ0v) is 19.2. The molecule has 0 fully saturated rings. The fraction of sp³-hybridized carbons (Fsp3) is 0.259. The summed E-state index contributed by atoms with van der Waals surface area (Å²) in [6.07, 6.45) is 1.54. The maximum atomic E-state index is 13.6.